The van der Waals surface area contributed by atoms with Crippen molar-refractivity contribution in [2.75, 3.05) is 5.32 Å². The molecule has 0 atom stereocenters. The van der Waals surface area contributed by atoms with Gasteiger partial charge in [0.15, 0.2) is 0 Å². The van der Waals surface area contributed by atoms with E-state index in [1.54, 1.807) is 6.07 Å². The quantitative estimate of drug-likeness (QED) is 0.545. The molecule has 134 valence electrons. The van der Waals surface area contributed by atoms with E-state index in [1.165, 1.54) is 12.3 Å². The maximum Gasteiger partial charge on any atom is 0.224 e. The van der Waals surface area contributed by atoms with Crippen molar-refractivity contribution in [1.82, 2.24) is 10.2 Å². The van der Waals surface area contributed by atoms with Crippen LogP contribution in [-0.4, -0.2) is 26.3 Å². The van der Waals surface area contributed by atoms with Crippen molar-refractivity contribution >= 4 is 11.6 Å². The van der Waals surface area contributed by atoms with Gasteiger partial charge in [0, 0.05) is 18.1 Å². The second-order valence-corrected chi connectivity index (χ2v) is 6.04. The third kappa shape index (κ3) is 3.85. The molecule has 1 aromatic heterocycles. The van der Waals surface area contributed by atoms with E-state index in [2.05, 4.69) is 15.5 Å². The summed E-state index contributed by atoms with van der Waals surface area (Å²) in [5.41, 5.74) is 3.28. The van der Waals surface area contributed by atoms with Crippen molar-refractivity contribution in [3.8, 4) is 22.8 Å². The Labute approximate surface area is 151 Å². The van der Waals surface area contributed by atoms with E-state index in [4.69, 9.17) is 0 Å². The van der Waals surface area contributed by atoms with Crippen LogP contribution in [0.5, 0.6) is 11.5 Å². The molecule has 1 amide bonds. The lowest BCUT2D eigenvalue weighted by molar-refractivity contribution is -0.116. The number of aromatic nitrogens is 2. The fourth-order valence-corrected chi connectivity index (χ4v) is 2.81. The number of hydrogen-bond donors (Lipinski definition) is 4. The highest BCUT2D eigenvalue weighted by molar-refractivity contribution is 5.95. The molecule has 1 heterocycles. The third-order valence-electron chi connectivity index (χ3n) is 4.24. The molecule has 26 heavy (non-hydrogen) atoms. The van der Waals surface area contributed by atoms with E-state index in [9.17, 15) is 15.0 Å². The van der Waals surface area contributed by atoms with Crippen molar-refractivity contribution in [1.29, 1.82) is 0 Å². The van der Waals surface area contributed by atoms with E-state index in [-0.39, 0.29) is 17.4 Å². The summed E-state index contributed by atoms with van der Waals surface area (Å²) in [5, 5.41) is 29.6. The van der Waals surface area contributed by atoms with Crippen LogP contribution >= 0.6 is 0 Å². The molecule has 0 unspecified atom stereocenters. The summed E-state index contributed by atoms with van der Waals surface area (Å²) in [6.45, 7) is 1.91. The maximum absolute atomic E-state index is 12.3. The molecule has 0 bridgehead atoms. The number of anilines is 1. The van der Waals surface area contributed by atoms with Crippen LogP contribution < -0.4 is 5.32 Å². The van der Waals surface area contributed by atoms with Crippen molar-refractivity contribution in [2.24, 2.45) is 0 Å². The minimum atomic E-state index is -0.134. The number of amides is 1. The zero-order valence-corrected chi connectivity index (χ0v) is 14.5. The van der Waals surface area contributed by atoms with Gasteiger partial charge >= 0.3 is 0 Å². The molecule has 0 radical (unpaired) electrons. The van der Waals surface area contributed by atoms with E-state index < -0.39 is 0 Å². The summed E-state index contributed by atoms with van der Waals surface area (Å²) in [6.07, 6.45) is 3.11. The smallest absolute Gasteiger partial charge is 0.224 e. The van der Waals surface area contributed by atoms with Gasteiger partial charge in [0.1, 0.15) is 11.5 Å². The molecule has 4 N–H and O–H groups in total. The average molecular weight is 351 g/mol. The van der Waals surface area contributed by atoms with Crippen LogP contribution in [0.25, 0.3) is 11.3 Å². The van der Waals surface area contributed by atoms with Crippen LogP contribution in [0.3, 0.4) is 0 Å². The Balaban J connectivity index is 1.76. The number of phenols is 2. The lowest BCUT2D eigenvalue weighted by atomic mass is 10.0. The lowest BCUT2D eigenvalue weighted by Crippen LogP contribution is -2.12. The van der Waals surface area contributed by atoms with Crippen LogP contribution in [0, 0.1) is 0 Å². The van der Waals surface area contributed by atoms with Crippen molar-refractivity contribution in [3.05, 3.63) is 59.8 Å². The van der Waals surface area contributed by atoms with Gasteiger partial charge in [-0.15, -0.1) is 0 Å². The Morgan fingerprint density at radius 2 is 1.92 bits per heavy atom. The number of benzene rings is 2. The van der Waals surface area contributed by atoms with E-state index in [1.807, 2.05) is 37.3 Å². The molecule has 0 aliphatic carbocycles. The molecule has 2 aromatic carbocycles. The SMILES string of the molecule is CCc1cc(-c2[nH]ncc2NC(=O)CCc2ccccc2)c(O)cc1O. The third-order valence-corrected chi connectivity index (χ3v) is 4.24. The second kappa shape index (κ2) is 7.74. The van der Waals surface area contributed by atoms with Gasteiger partial charge in [-0.2, -0.15) is 5.10 Å². The number of aryl methyl sites for hydroxylation is 2. The van der Waals surface area contributed by atoms with E-state index >= 15 is 0 Å². The number of aromatic amines is 1. The fraction of sp³-hybridized carbons (Fsp3) is 0.200. The molecule has 0 saturated heterocycles. The van der Waals surface area contributed by atoms with Crippen LogP contribution in [0.1, 0.15) is 24.5 Å². The van der Waals surface area contributed by atoms with Crippen LogP contribution in [0.15, 0.2) is 48.7 Å². The molecular formula is C20H21N3O3. The Hall–Kier alpha value is -3.28. The number of aromatic hydroxyl groups is 2. The summed E-state index contributed by atoms with van der Waals surface area (Å²) in [5.74, 6) is -0.170. The van der Waals surface area contributed by atoms with Gasteiger partial charge in [0.05, 0.1) is 17.6 Å². The van der Waals surface area contributed by atoms with Crippen molar-refractivity contribution in [2.45, 2.75) is 26.2 Å². The van der Waals surface area contributed by atoms with Crippen LogP contribution in [0.2, 0.25) is 0 Å². The summed E-state index contributed by atoms with van der Waals surface area (Å²) in [4.78, 5) is 12.3. The highest BCUT2D eigenvalue weighted by Crippen LogP contribution is 2.37. The summed E-state index contributed by atoms with van der Waals surface area (Å²) in [6, 6.07) is 12.8. The molecule has 0 aliphatic heterocycles. The summed E-state index contributed by atoms with van der Waals surface area (Å²) in [7, 11) is 0. The number of nitrogens with zero attached hydrogens (tertiary/aromatic N) is 1. The van der Waals surface area contributed by atoms with Crippen LogP contribution in [0.4, 0.5) is 5.69 Å². The van der Waals surface area contributed by atoms with Gasteiger partial charge in [-0.25, -0.2) is 0 Å². The molecule has 0 saturated carbocycles. The van der Waals surface area contributed by atoms with Gasteiger partial charge in [0.2, 0.25) is 5.91 Å². The summed E-state index contributed by atoms with van der Waals surface area (Å²) < 4.78 is 0. The number of nitrogens with one attached hydrogen (secondary N) is 2. The molecule has 0 aliphatic rings. The molecule has 3 aromatic rings. The van der Waals surface area contributed by atoms with Crippen molar-refractivity contribution < 1.29 is 15.0 Å². The lowest BCUT2D eigenvalue weighted by Gasteiger charge is -2.10. The predicted octanol–water partition coefficient (Wildman–Crippen LogP) is 3.62. The zero-order valence-electron chi connectivity index (χ0n) is 14.5. The first-order chi connectivity index (χ1) is 12.6. The molecule has 6 heteroatoms. The Morgan fingerprint density at radius 1 is 1.15 bits per heavy atom. The van der Waals surface area contributed by atoms with Gasteiger partial charge in [-0.3, -0.25) is 9.89 Å². The van der Waals surface area contributed by atoms with Gasteiger partial charge < -0.3 is 15.5 Å². The normalized spacial score (nSPS) is 10.7. The monoisotopic (exact) mass is 351 g/mol. The Morgan fingerprint density at radius 3 is 2.65 bits per heavy atom. The fourth-order valence-electron chi connectivity index (χ4n) is 2.81. The highest BCUT2D eigenvalue weighted by Gasteiger charge is 2.16. The Bertz CT molecular complexity index is 904. The Kier molecular flexibility index (Phi) is 5.22. The molecule has 0 spiro atoms. The summed E-state index contributed by atoms with van der Waals surface area (Å²) >= 11 is 0. The van der Waals surface area contributed by atoms with E-state index in [0.717, 1.165) is 5.56 Å². The average Bonchev–Trinajstić information content (AvgIpc) is 3.09. The number of hydrogen-bond acceptors (Lipinski definition) is 4. The number of H-pyrrole nitrogens is 1. The number of carbonyl (C=O) groups excluding carboxylic acids is 1. The number of phenolic OH excluding ortho intramolecular Hbond substituents is 2. The van der Waals surface area contributed by atoms with Crippen LogP contribution in [-0.2, 0) is 17.6 Å². The largest absolute Gasteiger partial charge is 0.508 e. The topological polar surface area (TPSA) is 98.2 Å². The minimum Gasteiger partial charge on any atom is -0.508 e. The maximum atomic E-state index is 12.3. The van der Waals surface area contributed by atoms with Gasteiger partial charge in [-0.05, 0) is 30.0 Å². The molecule has 3 rings (SSSR count). The van der Waals surface area contributed by atoms with Gasteiger partial charge in [0.25, 0.3) is 0 Å². The number of rotatable bonds is 6. The highest BCUT2D eigenvalue weighted by atomic mass is 16.3. The number of carbonyl (C=O) groups is 1. The van der Waals surface area contributed by atoms with Crippen molar-refractivity contribution in [3.63, 3.8) is 0 Å². The standard InChI is InChI=1S/C20H21N3O3/c1-2-14-10-15(18(25)11-17(14)24)20-16(12-21-23-20)22-19(26)9-8-13-6-4-3-5-7-13/h3-7,10-12,24-25H,2,8-9H2,1H3,(H,21,23)(H,22,26). The van der Waals surface area contributed by atoms with Gasteiger partial charge in [-0.1, -0.05) is 37.3 Å². The first kappa shape index (κ1) is 17.5. The molecule has 6 nitrogen and oxygen atoms in total. The first-order valence-electron chi connectivity index (χ1n) is 8.50. The first-order valence-corrected chi connectivity index (χ1v) is 8.50. The van der Waals surface area contributed by atoms with E-state index in [0.29, 0.717) is 41.8 Å². The molecular weight excluding hydrogens is 330 g/mol. The second-order valence-electron chi connectivity index (χ2n) is 6.04. The minimum absolute atomic E-state index is 0.0433. The molecule has 0 fully saturated rings. The predicted molar refractivity (Wildman–Crippen MR) is 100 cm³/mol. The zero-order chi connectivity index (χ0) is 18.5.